The number of nitrogens with zero attached hydrogens (tertiary/aromatic N) is 2. The molecule has 2 aromatic carbocycles. The molecule has 1 unspecified atom stereocenters. The van der Waals surface area contributed by atoms with Crippen molar-refractivity contribution < 1.29 is 14.5 Å². The van der Waals surface area contributed by atoms with Gasteiger partial charge >= 0.3 is 0 Å². The van der Waals surface area contributed by atoms with Crippen molar-refractivity contribution in [3.8, 4) is 0 Å². The van der Waals surface area contributed by atoms with Crippen LogP contribution in [-0.2, 0) is 9.59 Å². The topological polar surface area (TPSA) is 80.5 Å². The molecule has 1 aliphatic heterocycles. The summed E-state index contributed by atoms with van der Waals surface area (Å²) in [5.41, 5.74) is 2.87. The van der Waals surface area contributed by atoms with Gasteiger partial charge in [-0.05, 0) is 36.6 Å². The molecule has 0 spiro atoms. The highest BCUT2D eigenvalue weighted by Crippen LogP contribution is 2.45. The third kappa shape index (κ3) is 3.16. The summed E-state index contributed by atoms with van der Waals surface area (Å²) in [5.74, 6) is -0.315. The molecule has 2 aliphatic rings. The van der Waals surface area contributed by atoms with Gasteiger partial charge in [-0.25, -0.2) is 0 Å². The third-order valence-corrected chi connectivity index (χ3v) is 6.00. The quantitative estimate of drug-likeness (QED) is 0.502. The molecule has 0 saturated carbocycles. The second kappa shape index (κ2) is 7.31. The molecular weight excluding hydrogens is 424 g/mol. The summed E-state index contributed by atoms with van der Waals surface area (Å²) in [5, 5.41) is 10.9. The summed E-state index contributed by atoms with van der Waals surface area (Å²) in [6.45, 7) is 0. The average Bonchev–Trinajstić information content (AvgIpc) is 2.68. The maximum absolute atomic E-state index is 13.1. The molecule has 6 nitrogen and oxygen atoms in total. The van der Waals surface area contributed by atoms with Gasteiger partial charge in [-0.15, -0.1) is 0 Å². The number of carbonyl (C=O) groups excluding carboxylic acids is 2. The van der Waals surface area contributed by atoms with Crippen molar-refractivity contribution >= 4 is 39.0 Å². The number of amides is 1. The Kier molecular flexibility index (Phi) is 4.85. The van der Waals surface area contributed by atoms with Crippen LogP contribution in [0.25, 0.3) is 0 Å². The van der Waals surface area contributed by atoms with Crippen LogP contribution in [0.1, 0.15) is 37.2 Å². The van der Waals surface area contributed by atoms with Crippen LogP contribution in [0.5, 0.6) is 0 Å². The number of halogens is 1. The molecule has 0 fully saturated rings. The maximum Gasteiger partial charge on any atom is 0.269 e. The lowest BCUT2D eigenvalue weighted by molar-refractivity contribution is -0.384. The van der Waals surface area contributed by atoms with E-state index >= 15 is 0 Å². The Balaban J connectivity index is 1.83. The normalized spacial score (nSPS) is 19.6. The first-order valence-corrected chi connectivity index (χ1v) is 9.84. The molecule has 4 rings (SSSR count). The number of non-ortho nitro benzene ring substituents is 1. The van der Waals surface area contributed by atoms with Crippen LogP contribution in [0.3, 0.4) is 0 Å². The molecule has 0 aromatic heterocycles. The standard InChI is InChI=1S/C21H17BrN2O4/c22-17-5-2-1-4-15(17)16-12-20(26)23(18-6-3-7-19(25)21(16)18)13-8-10-14(11-9-13)24(27)28/h1-2,4-5,8-11,16H,3,6-7,12H2. The number of anilines is 1. The Hall–Kier alpha value is -2.80. The van der Waals surface area contributed by atoms with E-state index in [1.165, 1.54) is 12.1 Å². The molecular formula is C21H17BrN2O4. The molecule has 0 radical (unpaired) electrons. The molecule has 1 aliphatic carbocycles. The number of carbonyl (C=O) groups is 2. The zero-order valence-corrected chi connectivity index (χ0v) is 16.5. The highest BCUT2D eigenvalue weighted by molar-refractivity contribution is 9.10. The van der Waals surface area contributed by atoms with E-state index in [1.54, 1.807) is 17.0 Å². The SMILES string of the molecule is O=C1CCCC2=C1C(c1ccccc1Br)CC(=O)N2c1ccc([N+](=O)[O-])cc1. The number of nitro benzene ring substituents is 1. The fourth-order valence-electron chi connectivity index (χ4n) is 4.04. The summed E-state index contributed by atoms with van der Waals surface area (Å²) in [4.78, 5) is 38.0. The maximum atomic E-state index is 13.1. The molecule has 28 heavy (non-hydrogen) atoms. The molecule has 1 atom stereocenters. The van der Waals surface area contributed by atoms with Crippen LogP contribution >= 0.6 is 15.9 Å². The van der Waals surface area contributed by atoms with Crippen LogP contribution in [0, 0.1) is 10.1 Å². The number of ketones is 1. The number of allylic oxidation sites excluding steroid dienone is 2. The highest BCUT2D eigenvalue weighted by Gasteiger charge is 2.40. The zero-order chi connectivity index (χ0) is 19.8. The van der Waals surface area contributed by atoms with Gasteiger partial charge < -0.3 is 0 Å². The van der Waals surface area contributed by atoms with E-state index in [-0.39, 0.29) is 29.7 Å². The molecule has 142 valence electrons. The number of benzene rings is 2. The van der Waals surface area contributed by atoms with Gasteiger partial charge in [-0.3, -0.25) is 24.6 Å². The Bertz CT molecular complexity index is 1010. The minimum Gasteiger partial charge on any atom is -0.294 e. The molecule has 1 heterocycles. The van der Waals surface area contributed by atoms with Gasteiger partial charge in [0.15, 0.2) is 5.78 Å². The Morgan fingerprint density at radius 3 is 2.43 bits per heavy atom. The predicted octanol–water partition coefficient (Wildman–Crippen LogP) is 4.88. The van der Waals surface area contributed by atoms with Crippen LogP contribution in [-0.4, -0.2) is 16.6 Å². The van der Waals surface area contributed by atoms with Gasteiger partial charge in [0.05, 0.1) is 4.92 Å². The van der Waals surface area contributed by atoms with E-state index in [2.05, 4.69) is 15.9 Å². The predicted molar refractivity (Wildman–Crippen MR) is 108 cm³/mol. The number of hydrogen-bond donors (Lipinski definition) is 0. The Labute approximate surface area is 170 Å². The Morgan fingerprint density at radius 1 is 1.04 bits per heavy atom. The summed E-state index contributed by atoms with van der Waals surface area (Å²) in [6.07, 6.45) is 1.98. The van der Waals surface area contributed by atoms with E-state index in [0.29, 0.717) is 30.5 Å². The third-order valence-electron chi connectivity index (χ3n) is 5.27. The lowest BCUT2D eigenvalue weighted by atomic mass is 9.77. The minimum atomic E-state index is -0.473. The largest absolute Gasteiger partial charge is 0.294 e. The molecule has 7 heteroatoms. The summed E-state index contributed by atoms with van der Waals surface area (Å²) in [7, 11) is 0. The smallest absolute Gasteiger partial charge is 0.269 e. The first-order valence-electron chi connectivity index (χ1n) is 9.05. The van der Waals surface area contributed by atoms with Crippen molar-refractivity contribution in [3.63, 3.8) is 0 Å². The fourth-order valence-corrected chi connectivity index (χ4v) is 4.60. The molecule has 0 bridgehead atoms. The second-order valence-corrected chi connectivity index (χ2v) is 7.77. The number of rotatable bonds is 3. The molecule has 1 amide bonds. The van der Waals surface area contributed by atoms with Crippen molar-refractivity contribution in [2.24, 2.45) is 0 Å². The van der Waals surface area contributed by atoms with Crippen LogP contribution in [0.2, 0.25) is 0 Å². The van der Waals surface area contributed by atoms with Crippen LogP contribution < -0.4 is 4.90 Å². The highest BCUT2D eigenvalue weighted by atomic mass is 79.9. The Morgan fingerprint density at radius 2 is 1.75 bits per heavy atom. The van der Waals surface area contributed by atoms with Crippen molar-refractivity contribution in [2.45, 2.75) is 31.6 Å². The van der Waals surface area contributed by atoms with Crippen LogP contribution in [0.15, 0.2) is 64.3 Å². The van der Waals surface area contributed by atoms with Gasteiger partial charge in [0.2, 0.25) is 5.91 Å². The van der Waals surface area contributed by atoms with E-state index in [9.17, 15) is 19.7 Å². The lowest BCUT2D eigenvalue weighted by Gasteiger charge is -2.38. The molecule has 0 saturated heterocycles. The number of Topliss-reactive ketones (excluding diaryl/α,β-unsaturated/α-hetero) is 1. The lowest BCUT2D eigenvalue weighted by Crippen LogP contribution is -2.40. The van der Waals surface area contributed by atoms with E-state index in [1.807, 2.05) is 24.3 Å². The number of hydrogen-bond acceptors (Lipinski definition) is 4. The van der Waals surface area contributed by atoms with Crippen molar-refractivity contribution in [2.75, 3.05) is 4.90 Å². The van der Waals surface area contributed by atoms with E-state index in [4.69, 9.17) is 0 Å². The van der Waals surface area contributed by atoms with Gasteiger partial charge in [-0.1, -0.05) is 34.1 Å². The first kappa shape index (κ1) is 18.6. The van der Waals surface area contributed by atoms with Crippen molar-refractivity contribution in [3.05, 3.63) is 80.0 Å². The zero-order valence-electron chi connectivity index (χ0n) is 14.9. The minimum absolute atomic E-state index is 0.0341. The summed E-state index contributed by atoms with van der Waals surface area (Å²) in [6, 6.07) is 13.6. The monoisotopic (exact) mass is 440 g/mol. The first-order chi connectivity index (χ1) is 13.5. The summed E-state index contributed by atoms with van der Waals surface area (Å²) >= 11 is 3.55. The summed E-state index contributed by atoms with van der Waals surface area (Å²) < 4.78 is 0.877. The average molecular weight is 441 g/mol. The molecule has 2 aromatic rings. The van der Waals surface area contributed by atoms with E-state index in [0.717, 1.165) is 15.7 Å². The van der Waals surface area contributed by atoms with Crippen molar-refractivity contribution in [1.29, 1.82) is 0 Å². The van der Waals surface area contributed by atoms with E-state index < -0.39 is 4.92 Å². The van der Waals surface area contributed by atoms with Crippen LogP contribution in [0.4, 0.5) is 11.4 Å². The van der Waals surface area contributed by atoms with Gasteiger partial charge in [0.25, 0.3) is 5.69 Å². The number of nitro groups is 1. The van der Waals surface area contributed by atoms with Gasteiger partial charge in [0, 0.05) is 52.3 Å². The van der Waals surface area contributed by atoms with Crippen molar-refractivity contribution in [1.82, 2.24) is 0 Å². The fraction of sp³-hybridized carbons (Fsp3) is 0.238. The van der Waals surface area contributed by atoms with Gasteiger partial charge in [-0.2, -0.15) is 0 Å². The van der Waals surface area contributed by atoms with Gasteiger partial charge in [0.1, 0.15) is 0 Å². The molecule has 0 N–H and O–H groups in total. The second-order valence-electron chi connectivity index (χ2n) is 6.92.